The summed E-state index contributed by atoms with van der Waals surface area (Å²) in [5.41, 5.74) is 9.80. The predicted molar refractivity (Wildman–Crippen MR) is 82.4 cm³/mol. The van der Waals surface area contributed by atoms with E-state index in [0.29, 0.717) is 16.9 Å². The number of carbonyl (C=O) groups is 1. The smallest absolute Gasteiger partial charge is 0.255 e. The summed E-state index contributed by atoms with van der Waals surface area (Å²) in [5.74, 6) is -0.122. The number of nitrogen functional groups attached to an aromatic ring is 1. The molecule has 0 saturated carbocycles. The van der Waals surface area contributed by atoms with Gasteiger partial charge in [0.25, 0.3) is 5.91 Å². The van der Waals surface area contributed by atoms with E-state index in [0.717, 1.165) is 15.6 Å². The first-order valence-corrected chi connectivity index (χ1v) is 6.70. The number of carbonyl (C=O) groups excluding carboxylic acids is 1. The van der Waals surface area contributed by atoms with E-state index in [1.807, 2.05) is 32.0 Å². The summed E-state index contributed by atoms with van der Waals surface area (Å²) < 4.78 is 0.769. The first-order chi connectivity index (χ1) is 8.97. The fourth-order valence-corrected chi connectivity index (χ4v) is 2.39. The van der Waals surface area contributed by atoms with Crippen molar-refractivity contribution >= 4 is 33.2 Å². The molecule has 0 saturated heterocycles. The topological polar surface area (TPSA) is 55.1 Å². The summed E-state index contributed by atoms with van der Waals surface area (Å²) in [6.07, 6.45) is 0. The maximum Gasteiger partial charge on any atom is 0.255 e. The average molecular weight is 319 g/mol. The Bertz CT molecular complexity index is 638. The summed E-state index contributed by atoms with van der Waals surface area (Å²) in [4.78, 5) is 12.2. The minimum atomic E-state index is -0.122. The normalized spacial score (nSPS) is 10.3. The molecule has 0 heterocycles. The Morgan fingerprint density at radius 2 is 1.89 bits per heavy atom. The number of hydrogen-bond donors (Lipinski definition) is 2. The zero-order valence-corrected chi connectivity index (χ0v) is 12.4. The fourth-order valence-electron chi connectivity index (χ4n) is 1.89. The first kappa shape index (κ1) is 13.6. The number of benzene rings is 2. The van der Waals surface area contributed by atoms with Crippen LogP contribution in [0.1, 0.15) is 21.5 Å². The Morgan fingerprint density at radius 1 is 1.16 bits per heavy atom. The SMILES string of the molecule is Cc1ccc(C(=O)Nc2ccc(N)cc2Br)c(C)c1. The van der Waals surface area contributed by atoms with Crippen molar-refractivity contribution in [1.29, 1.82) is 0 Å². The zero-order valence-electron chi connectivity index (χ0n) is 10.8. The molecule has 2 aromatic carbocycles. The van der Waals surface area contributed by atoms with Gasteiger partial charge >= 0.3 is 0 Å². The molecule has 3 nitrogen and oxygen atoms in total. The molecule has 0 fully saturated rings. The number of aryl methyl sites for hydroxylation is 2. The summed E-state index contributed by atoms with van der Waals surface area (Å²) >= 11 is 3.38. The Labute approximate surface area is 121 Å². The number of nitrogens with two attached hydrogens (primary N) is 1. The molecule has 19 heavy (non-hydrogen) atoms. The van der Waals surface area contributed by atoms with E-state index in [4.69, 9.17) is 5.73 Å². The third-order valence-corrected chi connectivity index (χ3v) is 3.52. The van der Waals surface area contributed by atoms with Gasteiger partial charge in [0.1, 0.15) is 0 Å². The van der Waals surface area contributed by atoms with Crippen LogP contribution in [0.4, 0.5) is 11.4 Å². The number of nitrogens with one attached hydrogen (secondary N) is 1. The van der Waals surface area contributed by atoms with Gasteiger partial charge < -0.3 is 11.1 Å². The molecule has 0 unspecified atom stereocenters. The van der Waals surface area contributed by atoms with Gasteiger partial charge in [-0.3, -0.25) is 4.79 Å². The molecule has 2 aromatic rings. The first-order valence-electron chi connectivity index (χ1n) is 5.91. The summed E-state index contributed by atoms with van der Waals surface area (Å²) in [6, 6.07) is 11.1. The Hall–Kier alpha value is -1.81. The number of rotatable bonds is 2. The fraction of sp³-hybridized carbons (Fsp3) is 0.133. The highest BCUT2D eigenvalue weighted by molar-refractivity contribution is 9.10. The van der Waals surface area contributed by atoms with E-state index in [-0.39, 0.29) is 5.91 Å². The molecular formula is C15H15BrN2O. The third kappa shape index (κ3) is 3.15. The number of hydrogen-bond acceptors (Lipinski definition) is 2. The molecule has 98 valence electrons. The monoisotopic (exact) mass is 318 g/mol. The second kappa shape index (κ2) is 5.45. The van der Waals surface area contributed by atoms with E-state index < -0.39 is 0 Å². The van der Waals surface area contributed by atoms with Gasteiger partial charge in [-0.05, 0) is 59.6 Å². The van der Waals surface area contributed by atoms with E-state index in [1.54, 1.807) is 18.2 Å². The quantitative estimate of drug-likeness (QED) is 0.825. The van der Waals surface area contributed by atoms with Crippen LogP contribution in [0.25, 0.3) is 0 Å². The summed E-state index contributed by atoms with van der Waals surface area (Å²) in [7, 11) is 0. The minimum Gasteiger partial charge on any atom is -0.399 e. The van der Waals surface area contributed by atoms with Gasteiger partial charge in [-0.2, -0.15) is 0 Å². The molecule has 0 aliphatic carbocycles. The molecule has 0 radical (unpaired) electrons. The second-order valence-corrected chi connectivity index (χ2v) is 5.37. The van der Waals surface area contributed by atoms with E-state index in [2.05, 4.69) is 21.2 Å². The number of anilines is 2. The average Bonchev–Trinajstić information content (AvgIpc) is 2.32. The van der Waals surface area contributed by atoms with Crippen molar-refractivity contribution in [2.45, 2.75) is 13.8 Å². The summed E-state index contributed by atoms with van der Waals surface area (Å²) in [5, 5.41) is 2.87. The molecular weight excluding hydrogens is 304 g/mol. The van der Waals surface area contributed by atoms with Crippen molar-refractivity contribution in [2.75, 3.05) is 11.1 Å². The van der Waals surface area contributed by atoms with Crippen LogP contribution in [-0.4, -0.2) is 5.91 Å². The van der Waals surface area contributed by atoms with Gasteiger partial charge in [-0.15, -0.1) is 0 Å². The van der Waals surface area contributed by atoms with Gasteiger partial charge in [0, 0.05) is 15.7 Å². The van der Waals surface area contributed by atoms with Gasteiger partial charge in [0.15, 0.2) is 0 Å². The van der Waals surface area contributed by atoms with Crippen LogP contribution in [0, 0.1) is 13.8 Å². The van der Waals surface area contributed by atoms with Crippen molar-refractivity contribution in [3.63, 3.8) is 0 Å². The molecule has 0 aliphatic rings. The molecule has 0 atom stereocenters. The maximum absolute atomic E-state index is 12.2. The molecule has 1 amide bonds. The minimum absolute atomic E-state index is 0.122. The largest absolute Gasteiger partial charge is 0.399 e. The molecule has 4 heteroatoms. The van der Waals surface area contributed by atoms with Gasteiger partial charge in [-0.25, -0.2) is 0 Å². The lowest BCUT2D eigenvalue weighted by Crippen LogP contribution is -2.13. The number of halogens is 1. The van der Waals surface area contributed by atoms with E-state index >= 15 is 0 Å². The highest BCUT2D eigenvalue weighted by Gasteiger charge is 2.10. The predicted octanol–water partition coefficient (Wildman–Crippen LogP) is 3.90. The van der Waals surface area contributed by atoms with Crippen molar-refractivity contribution in [1.82, 2.24) is 0 Å². The molecule has 0 bridgehead atoms. The van der Waals surface area contributed by atoms with Crippen LogP contribution in [0.15, 0.2) is 40.9 Å². The molecule has 0 aromatic heterocycles. The molecule has 3 N–H and O–H groups in total. The maximum atomic E-state index is 12.2. The highest BCUT2D eigenvalue weighted by atomic mass is 79.9. The Kier molecular flexibility index (Phi) is 3.90. The van der Waals surface area contributed by atoms with Gasteiger partial charge in [0.2, 0.25) is 0 Å². The van der Waals surface area contributed by atoms with Gasteiger partial charge in [-0.1, -0.05) is 17.7 Å². The highest BCUT2D eigenvalue weighted by Crippen LogP contribution is 2.25. The van der Waals surface area contributed by atoms with E-state index in [9.17, 15) is 4.79 Å². The van der Waals surface area contributed by atoms with Crippen LogP contribution in [-0.2, 0) is 0 Å². The molecule has 0 spiro atoms. The standard InChI is InChI=1S/C15H15BrN2O/c1-9-3-5-12(10(2)7-9)15(19)18-14-6-4-11(17)8-13(14)16/h3-8H,17H2,1-2H3,(H,18,19). The third-order valence-electron chi connectivity index (χ3n) is 2.87. The second-order valence-electron chi connectivity index (χ2n) is 4.51. The van der Waals surface area contributed by atoms with Crippen molar-refractivity contribution in [3.05, 3.63) is 57.6 Å². The zero-order chi connectivity index (χ0) is 14.0. The van der Waals surface area contributed by atoms with Crippen LogP contribution < -0.4 is 11.1 Å². The lowest BCUT2D eigenvalue weighted by atomic mass is 10.1. The molecule has 2 rings (SSSR count). The Morgan fingerprint density at radius 3 is 2.53 bits per heavy atom. The van der Waals surface area contributed by atoms with Crippen molar-refractivity contribution in [3.8, 4) is 0 Å². The van der Waals surface area contributed by atoms with Crippen molar-refractivity contribution in [2.24, 2.45) is 0 Å². The van der Waals surface area contributed by atoms with Crippen LogP contribution in [0.5, 0.6) is 0 Å². The van der Waals surface area contributed by atoms with Crippen LogP contribution in [0.2, 0.25) is 0 Å². The van der Waals surface area contributed by atoms with E-state index in [1.165, 1.54) is 0 Å². The van der Waals surface area contributed by atoms with Gasteiger partial charge in [0.05, 0.1) is 5.69 Å². The van der Waals surface area contributed by atoms with Crippen molar-refractivity contribution < 1.29 is 4.79 Å². The lowest BCUT2D eigenvalue weighted by Gasteiger charge is -2.10. The Balaban J connectivity index is 2.25. The van der Waals surface area contributed by atoms with Crippen LogP contribution in [0.3, 0.4) is 0 Å². The lowest BCUT2D eigenvalue weighted by molar-refractivity contribution is 0.102. The van der Waals surface area contributed by atoms with Crippen LogP contribution >= 0.6 is 15.9 Å². The number of amides is 1. The molecule has 0 aliphatic heterocycles. The summed E-state index contributed by atoms with van der Waals surface area (Å²) in [6.45, 7) is 3.94.